The van der Waals surface area contributed by atoms with Gasteiger partial charge in [0.25, 0.3) is 0 Å². The third kappa shape index (κ3) is 3.77. The lowest BCUT2D eigenvalue weighted by Crippen LogP contribution is -2.20. The van der Waals surface area contributed by atoms with Crippen molar-refractivity contribution in [3.63, 3.8) is 0 Å². The Morgan fingerprint density at radius 1 is 0.725 bits per heavy atom. The van der Waals surface area contributed by atoms with Gasteiger partial charge in [0.05, 0.1) is 5.69 Å². The van der Waals surface area contributed by atoms with Gasteiger partial charge >= 0.3 is 0 Å². The summed E-state index contributed by atoms with van der Waals surface area (Å²) in [4.78, 5) is 2.47. The highest BCUT2D eigenvalue weighted by Gasteiger charge is 2.37. The second-order valence-corrected chi connectivity index (χ2v) is 11.3. The summed E-state index contributed by atoms with van der Waals surface area (Å²) in [6, 6.07) is 40.1. The molecule has 0 saturated carbocycles. The van der Waals surface area contributed by atoms with Crippen molar-refractivity contribution >= 4 is 22.1 Å². The minimum absolute atomic E-state index is 0.0699. The molecule has 0 bridgehead atoms. The highest BCUT2D eigenvalue weighted by molar-refractivity contribution is 5.99. The minimum Gasteiger partial charge on any atom is -0.310 e. The molecule has 5 aromatic carbocycles. The van der Waals surface area contributed by atoms with Crippen LogP contribution in [0, 0.1) is 0 Å². The zero-order chi connectivity index (χ0) is 27.3. The standard InChI is InChI=1S/C39H33N/c1-4-27-14-9-11-22-36(27)40(37-23-12-18-28-17-8-10-19-31(28)37)30-24-25-34-33(26-30)38-32(29-15-6-5-7-16-29)20-13-21-35(38)39(34,2)3/h4-13,15-26H,14H2,1-3H3/b27-4+. The molecule has 0 saturated heterocycles. The monoisotopic (exact) mass is 515 g/mol. The third-order valence-electron chi connectivity index (χ3n) is 8.68. The average Bonchev–Trinajstić information content (AvgIpc) is 3.24. The Morgan fingerprint density at radius 3 is 2.35 bits per heavy atom. The summed E-state index contributed by atoms with van der Waals surface area (Å²) in [6.07, 6.45) is 9.89. The van der Waals surface area contributed by atoms with E-state index < -0.39 is 0 Å². The first-order chi connectivity index (χ1) is 19.6. The summed E-state index contributed by atoms with van der Waals surface area (Å²) in [5, 5.41) is 2.50. The van der Waals surface area contributed by atoms with E-state index in [0.717, 1.165) is 6.42 Å². The van der Waals surface area contributed by atoms with Gasteiger partial charge in [-0.15, -0.1) is 0 Å². The largest absolute Gasteiger partial charge is 0.310 e. The molecule has 0 heterocycles. The Balaban J connectivity index is 1.50. The average molecular weight is 516 g/mol. The van der Waals surface area contributed by atoms with Gasteiger partial charge in [0.1, 0.15) is 0 Å². The molecule has 0 aromatic heterocycles. The topological polar surface area (TPSA) is 3.24 Å². The molecule has 0 aliphatic heterocycles. The molecular weight excluding hydrogens is 482 g/mol. The Labute approximate surface area is 237 Å². The SMILES string of the molecule is C/C=C1\CC=CC=C1N(c1ccc2c(c1)-c1c(-c3ccccc3)cccc1C2(C)C)c1cccc2ccccc12. The van der Waals surface area contributed by atoms with E-state index in [1.54, 1.807) is 0 Å². The summed E-state index contributed by atoms with van der Waals surface area (Å²) in [5.74, 6) is 0. The molecule has 40 heavy (non-hydrogen) atoms. The molecule has 194 valence electrons. The summed E-state index contributed by atoms with van der Waals surface area (Å²) < 4.78 is 0. The first kappa shape index (κ1) is 24.4. The molecule has 0 amide bonds. The van der Waals surface area contributed by atoms with E-state index in [0.29, 0.717) is 0 Å². The van der Waals surface area contributed by atoms with E-state index in [-0.39, 0.29) is 5.41 Å². The van der Waals surface area contributed by atoms with Crippen molar-refractivity contribution in [3.8, 4) is 22.3 Å². The number of nitrogens with zero attached hydrogens (tertiary/aromatic N) is 1. The Kier molecular flexibility index (Phi) is 5.82. The van der Waals surface area contributed by atoms with Gasteiger partial charge in [0.2, 0.25) is 0 Å². The summed E-state index contributed by atoms with van der Waals surface area (Å²) in [7, 11) is 0. The van der Waals surface area contributed by atoms with Gasteiger partial charge in [0, 0.05) is 22.2 Å². The fourth-order valence-electron chi connectivity index (χ4n) is 6.65. The number of benzene rings is 5. The lowest BCUT2D eigenvalue weighted by molar-refractivity contribution is 0.660. The maximum atomic E-state index is 2.47. The Bertz CT molecular complexity index is 1840. The van der Waals surface area contributed by atoms with Crippen LogP contribution < -0.4 is 4.90 Å². The van der Waals surface area contributed by atoms with Crippen molar-refractivity contribution in [1.82, 2.24) is 0 Å². The normalized spacial score (nSPS) is 16.1. The Hall–Kier alpha value is -4.62. The zero-order valence-electron chi connectivity index (χ0n) is 23.4. The fourth-order valence-corrected chi connectivity index (χ4v) is 6.65. The molecule has 1 nitrogen and oxygen atoms in total. The zero-order valence-corrected chi connectivity index (χ0v) is 23.4. The molecule has 0 atom stereocenters. The molecule has 0 spiro atoms. The first-order valence-electron chi connectivity index (χ1n) is 14.2. The van der Waals surface area contributed by atoms with E-state index in [9.17, 15) is 0 Å². The van der Waals surface area contributed by atoms with Gasteiger partial charge in [-0.3, -0.25) is 0 Å². The molecule has 0 unspecified atom stereocenters. The molecule has 0 fully saturated rings. The highest BCUT2D eigenvalue weighted by atomic mass is 15.2. The van der Waals surface area contributed by atoms with Gasteiger partial charge in [0.15, 0.2) is 0 Å². The van der Waals surface area contributed by atoms with Crippen LogP contribution in [0.15, 0.2) is 145 Å². The number of allylic oxidation sites excluding steroid dienone is 5. The summed E-state index contributed by atoms with van der Waals surface area (Å²) in [5.41, 5.74) is 12.9. The van der Waals surface area contributed by atoms with Crippen molar-refractivity contribution in [2.45, 2.75) is 32.6 Å². The number of fused-ring (bicyclic) bond motifs is 4. The van der Waals surface area contributed by atoms with Crippen LogP contribution in [-0.2, 0) is 5.41 Å². The minimum atomic E-state index is -0.0699. The molecule has 7 rings (SSSR count). The number of hydrogen-bond acceptors (Lipinski definition) is 1. The predicted molar refractivity (Wildman–Crippen MR) is 171 cm³/mol. The molecular formula is C39H33N. The maximum Gasteiger partial charge on any atom is 0.0540 e. The quantitative estimate of drug-likeness (QED) is 0.230. The van der Waals surface area contributed by atoms with E-state index in [2.05, 4.69) is 159 Å². The van der Waals surface area contributed by atoms with Crippen molar-refractivity contribution in [1.29, 1.82) is 0 Å². The predicted octanol–water partition coefficient (Wildman–Crippen LogP) is 10.7. The molecule has 0 radical (unpaired) electrons. The van der Waals surface area contributed by atoms with Gasteiger partial charge in [-0.2, -0.15) is 0 Å². The van der Waals surface area contributed by atoms with E-state index in [1.807, 2.05) is 0 Å². The molecule has 1 heteroatoms. The van der Waals surface area contributed by atoms with Crippen LogP contribution in [0.5, 0.6) is 0 Å². The van der Waals surface area contributed by atoms with Crippen molar-refractivity contribution < 1.29 is 0 Å². The summed E-state index contributed by atoms with van der Waals surface area (Å²) >= 11 is 0. The molecule has 5 aromatic rings. The van der Waals surface area contributed by atoms with E-state index in [4.69, 9.17) is 0 Å². The van der Waals surface area contributed by atoms with Gasteiger partial charge in [-0.05, 0) is 82.0 Å². The lowest BCUT2D eigenvalue weighted by Gasteiger charge is -2.32. The lowest BCUT2D eigenvalue weighted by atomic mass is 9.82. The van der Waals surface area contributed by atoms with Crippen molar-refractivity contribution in [2.24, 2.45) is 0 Å². The second-order valence-electron chi connectivity index (χ2n) is 11.3. The summed E-state index contributed by atoms with van der Waals surface area (Å²) in [6.45, 7) is 6.87. The van der Waals surface area contributed by atoms with Crippen LogP contribution >= 0.6 is 0 Å². The van der Waals surface area contributed by atoms with E-state index in [1.165, 1.54) is 66.8 Å². The smallest absolute Gasteiger partial charge is 0.0540 e. The van der Waals surface area contributed by atoms with Crippen LogP contribution in [0.2, 0.25) is 0 Å². The van der Waals surface area contributed by atoms with Crippen molar-refractivity contribution in [2.75, 3.05) is 4.90 Å². The van der Waals surface area contributed by atoms with Crippen LogP contribution in [0.25, 0.3) is 33.0 Å². The Morgan fingerprint density at radius 2 is 1.50 bits per heavy atom. The van der Waals surface area contributed by atoms with Crippen LogP contribution in [0.3, 0.4) is 0 Å². The number of anilines is 2. The fraction of sp³-hybridized carbons (Fsp3) is 0.128. The van der Waals surface area contributed by atoms with Crippen LogP contribution in [0.1, 0.15) is 38.3 Å². The molecule has 0 N–H and O–H groups in total. The third-order valence-corrected chi connectivity index (χ3v) is 8.68. The molecule has 2 aliphatic rings. The van der Waals surface area contributed by atoms with Crippen LogP contribution in [0.4, 0.5) is 11.4 Å². The van der Waals surface area contributed by atoms with Gasteiger partial charge in [-0.1, -0.05) is 123 Å². The van der Waals surface area contributed by atoms with Crippen molar-refractivity contribution in [3.05, 3.63) is 156 Å². The highest BCUT2D eigenvalue weighted by Crippen LogP contribution is 2.53. The first-order valence-corrected chi connectivity index (χ1v) is 14.2. The van der Waals surface area contributed by atoms with Crippen LogP contribution in [-0.4, -0.2) is 0 Å². The van der Waals surface area contributed by atoms with E-state index >= 15 is 0 Å². The van der Waals surface area contributed by atoms with Gasteiger partial charge < -0.3 is 4.90 Å². The molecule has 2 aliphatic carbocycles. The number of rotatable bonds is 4. The maximum absolute atomic E-state index is 2.47. The second kappa shape index (κ2) is 9.54. The van der Waals surface area contributed by atoms with Gasteiger partial charge in [-0.25, -0.2) is 0 Å². The number of hydrogen-bond donors (Lipinski definition) is 0.